The standard InChI is InChI=1S/C21H24N2O4/c1-4-23-19(24)12-15-7-5-6-8-16(15)20(23)21(25)22-13-14-9-10-17(26-2)18(11-14)27-3/h5-11,20H,4,12-13H2,1-3H3,(H,22,25)/t20-/m1/s1. The van der Waals surface area contributed by atoms with Crippen LogP contribution in [0.1, 0.15) is 29.7 Å². The van der Waals surface area contributed by atoms with E-state index >= 15 is 0 Å². The summed E-state index contributed by atoms with van der Waals surface area (Å²) in [6, 6.07) is 12.5. The Hall–Kier alpha value is -3.02. The van der Waals surface area contributed by atoms with Gasteiger partial charge in [-0.15, -0.1) is 0 Å². The van der Waals surface area contributed by atoms with Gasteiger partial charge in [0.25, 0.3) is 0 Å². The number of ether oxygens (including phenoxy) is 2. The maximum Gasteiger partial charge on any atom is 0.247 e. The summed E-state index contributed by atoms with van der Waals surface area (Å²) in [5.41, 5.74) is 2.70. The molecule has 0 saturated heterocycles. The van der Waals surface area contributed by atoms with E-state index in [0.717, 1.165) is 16.7 Å². The van der Waals surface area contributed by atoms with Gasteiger partial charge in [0.1, 0.15) is 6.04 Å². The van der Waals surface area contributed by atoms with Crippen LogP contribution in [0, 0.1) is 0 Å². The van der Waals surface area contributed by atoms with Gasteiger partial charge in [-0.25, -0.2) is 0 Å². The van der Waals surface area contributed by atoms with E-state index in [1.165, 1.54) is 0 Å². The number of nitrogens with zero attached hydrogens (tertiary/aromatic N) is 1. The number of rotatable bonds is 6. The van der Waals surface area contributed by atoms with Crippen molar-refractivity contribution in [1.29, 1.82) is 0 Å². The van der Waals surface area contributed by atoms with Crippen LogP contribution in [0.15, 0.2) is 42.5 Å². The maximum absolute atomic E-state index is 13.0. The fourth-order valence-corrected chi connectivity index (χ4v) is 3.46. The molecular formula is C21H24N2O4. The Morgan fingerprint density at radius 1 is 1.15 bits per heavy atom. The minimum atomic E-state index is -0.604. The van der Waals surface area contributed by atoms with Gasteiger partial charge in [0.05, 0.1) is 20.6 Å². The zero-order valence-electron chi connectivity index (χ0n) is 15.8. The SMILES string of the molecule is CCN1C(=O)Cc2ccccc2[C@@H]1C(=O)NCc1ccc(OC)c(OC)c1. The third-order valence-corrected chi connectivity index (χ3v) is 4.83. The number of amides is 2. The van der Waals surface area contributed by atoms with Gasteiger partial charge < -0.3 is 19.7 Å². The number of nitrogens with one attached hydrogen (secondary N) is 1. The van der Waals surface area contributed by atoms with E-state index in [1.807, 2.05) is 43.3 Å². The molecule has 6 heteroatoms. The molecule has 27 heavy (non-hydrogen) atoms. The molecule has 0 aliphatic carbocycles. The third-order valence-electron chi connectivity index (χ3n) is 4.83. The summed E-state index contributed by atoms with van der Waals surface area (Å²) in [6.07, 6.45) is 0.337. The van der Waals surface area contributed by atoms with Crippen molar-refractivity contribution in [3.8, 4) is 11.5 Å². The number of hydrogen-bond donors (Lipinski definition) is 1. The normalized spacial score (nSPS) is 15.9. The highest BCUT2D eigenvalue weighted by Gasteiger charge is 2.35. The van der Waals surface area contributed by atoms with Crippen LogP contribution in [0.2, 0.25) is 0 Å². The third kappa shape index (κ3) is 3.74. The van der Waals surface area contributed by atoms with Crippen LogP contribution in [0.5, 0.6) is 11.5 Å². The van der Waals surface area contributed by atoms with Crippen molar-refractivity contribution < 1.29 is 19.1 Å². The van der Waals surface area contributed by atoms with Gasteiger partial charge in [-0.3, -0.25) is 9.59 Å². The van der Waals surface area contributed by atoms with Crippen LogP contribution in [-0.4, -0.2) is 37.5 Å². The van der Waals surface area contributed by atoms with Crippen molar-refractivity contribution >= 4 is 11.8 Å². The Morgan fingerprint density at radius 2 is 1.89 bits per heavy atom. The second-order valence-corrected chi connectivity index (χ2v) is 6.37. The minimum absolute atomic E-state index is 0.0255. The monoisotopic (exact) mass is 368 g/mol. The first kappa shape index (κ1) is 18.8. The molecule has 1 aliphatic rings. The first-order chi connectivity index (χ1) is 13.1. The molecule has 0 spiro atoms. The summed E-state index contributed by atoms with van der Waals surface area (Å²) < 4.78 is 10.5. The van der Waals surface area contributed by atoms with Gasteiger partial charge in [-0.2, -0.15) is 0 Å². The van der Waals surface area contributed by atoms with E-state index in [1.54, 1.807) is 25.2 Å². The predicted octanol–water partition coefficient (Wildman–Crippen LogP) is 2.47. The lowest BCUT2D eigenvalue weighted by atomic mass is 9.91. The molecule has 2 aromatic carbocycles. The largest absolute Gasteiger partial charge is 0.493 e. The summed E-state index contributed by atoms with van der Waals surface area (Å²) in [4.78, 5) is 27.0. The molecule has 3 rings (SSSR count). The molecule has 0 fully saturated rings. The smallest absolute Gasteiger partial charge is 0.247 e. The van der Waals surface area contributed by atoms with Gasteiger partial charge in [0.15, 0.2) is 11.5 Å². The second-order valence-electron chi connectivity index (χ2n) is 6.37. The number of likely N-dealkylation sites (N-methyl/N-ethyl adjacent to an activating group) is 1. The summed E-state index contributed by atoms with van der Waals surface area (Å²) in [5.74, 6) is 1.03. The number of methoxy groups -OCH3 is 2. The minimum Gasteiger partial charge on any atom is -0.493 e. The van der Waals surface area contributed by atoms with Crippen LogP contribution in [0.25, 0.3) is 0 Å². The van der Waals surface area contributed by atoms with E-state index in [9.17, 15) is 9.59 Å². The summed E-state index contributed by atoms with van der Waals surface area (Å²) in [5, 5.41) is 2.95. The topological polar surface area (TPSA) is 67.9 Å². The molecule has 1 atom stereocenters. The Labute approximate surface area is 159 Å². The van der Waals surface area contributed by atoms with Gasteiger partial charge in [0, 0.05) is 13.1 Å². The molecule has 0 bridgehead atoms. The number of benzene rings is 2. The molecular weight excluding hydrogens is 344 g/mol. The molecule has 1 aliphatic heterocycles. The number of carbonyl (C=O) groups excluding carboxylic acids is 2. The number of hydrogen-bond acceptors (Lipinski definition) is 4. The lowest BCUT2D eigenvalue weighted by Crippen LogP contribution is -2.47. The number of fused-ring (bicyclic) bond motifs is 1. The Bertz CT molecular complexity index is 850. The number of carbonyl (C=O) groups is 2. The Balaban J connectivity index is 1.80. The van der Waals surface area contributed by atoms with Gasteiger partial charge in [-0.1, -0.05) is 30.3 Å². The van der Waals surface area contributed by atoms with E-state index in [2.05, 4.69) is 5.32 Å². The van der Waals surface area contributed by atoms with Crippen LogP contribution in [0.3, 0.4) is 0 Å². The highest BCUT2D eigenvalue weighted by Crippen LogP contribution is 2.31. The molecule has 1 N–H and O–H groups in total. The fourth-order valence-electron chi connectivity index (χ4n) is 3.46. The first-order valence-electron chi connectivity index (χ1n) is 8.95. The van der Waals surface area contributed by atoms with Crippen LogP contribution in [0.4, 0.5) is 0 Å². The molecule has 0 saturated carbocycles. The van der Waals surface area contributed by atoms with Crippen molar-refractivity contribution in [2.45, 2.75) is 25.9 Å². The molecule has 6 nitrogen and oxygen atoms in total. The second kappa shape index (κ2) is 8.12. The molecule has 142 valence electrons. The van der Waals surface area contributed by atoms with Crippen molar-refractivity contribution in [1.82, 2.24) is 10.2 Å². The highest BCUT2D eigenvalue weighted by atomic mass is 16.5. The summed E-state index contributed by atoms with van der Waals surface area (Å²) in [7, 11) is 3.15. The molecule has 0 aromatic heterocycles. The quantitative estimate of drug-likeness (QED) is 0.851. The molecule has 1 heterocycles. The van der Waals surface area contributed by atoms with Crippen LogP contribution >= 0.6 is 0 Å². The lowest BCUT2D eigenvalue weighted by molar-refractivity contribution is -0.141. The lowest BCUT2D eigenvalue weighted by Gasteiger charge is -2.35. The maximum atomic E-state index is 13.0. The molecule has 2 amide bonds. The summed E-state index contributed by atoms with van der Waals surface area (Å²) >= 11 is 0. The van der Waals surface area contributed by atoms with Crippen LogP contribution < -0.4 is 14.8 Å². The van der Waals surface area contributed by atoms with Gasteiger partial charge in [0.2, 0.25) is 11.8 Å². The Morgan fingerprint density at radius 3 is 2.59 bits per heavy atom. The molecule has 2 aromatic rings. The molecule has 0 unspecified atom stereocenters. The van der Waals surface area contributed by atoms with Crippen molar-refractivity contribution in [2.75, 3.05) is 20.8 Å². The van der Waals surface area contributed by atoms with E-state index < -0.39 is 6.04 Å². The van der Waals surface area contributed by atoms with Gasteiger partial charge in [-0.05, 0) is 35.7 Å². The van der Waals surface area contributed by atoms with Crippen molar-refractivity contribution in [2.24, 2.45) is 0 Å². The zero-order chi connectivity index (χ0) is 19.4. The van der Waals surface area contributed by atoms with Crippen molar-refractivity contribution in [3.63, 3.8) is 0 Å². The first-order valence-corrected chi connectivity index (χ1v) is 8.95. The summed E-state index contributed by atoms with van der Waals surface area (Å²) in [6.45, 7) is 2.71. The van der Waals surface area contributed by atoms with Crippen LogP contribution in [-0.2, 0) is 22.6 Å². The zero-order valence-corrected chi connectivity index (χ0v) is 15.8. The Kier molecular flexibility index (Phi) is 5.64. The van der Waals surface area contributed by atoms with E-state index in [4.69, 9.17) is 9.47 Å². The predicted molar refractivity (Wildman–Crippen MR) is 102 cm³/mol. The van der Waals surface area contributed by atoms with E-state index in [0.29, 0.717) is 31.0 Å². The average molecular weight is 368 g/mol. The molecule has 0 radical (unpaired) electrons. The van der Waals surface area contributed by atoms with E-state index in [-0.39, 0.29) is 11.8 Å². The van der Waals surface area contributed by atoms with Gasteiger partial charge >= 0.3 is 0 Å². The average Bonchev–Trinajstić information content (AvgIpc) is 2.70. The highest BCUT2D eigenvalue weighted by molar-refractivity contribution is 5.92. The van der Waals surface area contributed by atoms with Crippen molar-refractivity contribution in [3.05, 3.63) is 59.2 Å². The fraction of sp³-hybridized carbons (Fsp3) is 0.333.